The molecular formula is C13H23NO2S. The third-order valence-corrected chi connectivity index (χ3v) is 5.68. The van der Waals surface area contributed by atoms with Crippen LogP contribution in [-0.4, -0.2) is 54.0 Å². The van der Waals surface area contributed by atoms with Crippen molar-refractivity contribution < 1.29 is 9.47 Å². The van der Waals surface area contributed by atoms with Gasteiger partial charge in [0.1, 0.15) is 4.93 Å². The van der Waals surface area contributed by atoms with E-state index in [2.05, 4.69) is 18.9 Å². The van der Waals surface area contributed by atoms with Crippen LogP contribution < -0.4 is 0 Å². The Morgan fingerprint density at radius 1 is 1.29 bits per heavy atom. The SMILES string of the molecule is CC1CC2(CC3(CCN(C)CC3)O1)OCCS2. The molecule has 98 valence electrons. The lowest BCUT2D eigenvalue weighted by molar-refractivity contribution is -0.190. The summed E-state index contributed by atoms with van der Waals surface area (Å²) in [5.41, 5.74) is 0.0987. The number of hydrogen-bond acceptors (Lipinski definition) is 4. The van der Waals surface area contributed by atoms with Crippen LogP contribution in [0.15, 0.2) is 0 Å². The molecule has 0 bridgehead atoms. The van der Waals surface area contributed by atoms with Crippen LogP contribution >= 0.6 is 11.8 Å². The second-order valence-corrected chi connectivity index (χ2v) is 7.34. The summed E-state index contributed by atoms with van der Waals surface area (Å²) < 4.78 is 12.4. The fraction of sp³-hybridized carbons (Fsp3) is 1.00. The summed E-state index contributed by atoms with van der Waals surface area (Å²) in [7, 11) is 2.20. The molecule has 3 rings (SSSR count). The van der Waals surface area contributed by atoms with Gasteiger partial charge in [0.15, 0.2) is 0 Å². The number of piperidine rings is 1. The average molecular weight is 257 g/mol. The number of rotatable bonds is 0. The van der Waals surface area contributed by atoms with Crippen molar-refractivity contribution in [1.29, 1.82) is 0 Å². The van der Waals surface area contributed by atoms with Gasteiger partial charge in [0, 0.05) is 31.7 Å². The highest BCUT2D eigenvalue weighted by Gasteiger charge is 2.51. The molecule has 0 aromatic rings. The van der Waals surface area contributed by atoms with Crippen molar-refractivity contribution in [2.24, 2.45) is 0 Å². The third kappa shape index (κ3) is 2.37. The zero-order valence-corrected chi connectivity index (χ0v) is 11.7. The summed E-state index contributed by atoms with van der Waals surface area (Å²) in [4.78, 5) is 2.48. The molecule has 2 spiro atoms. The van der Waals surface area contributed by atoms with E-state index < -0.39 is 0 Å². The molecule has 0 amide bonds. The maximum atomic E-state index is 6.33. The molecule has 3 nitrogen and oxygen atoms in total. The Morgan fingerprint density at radius 3 is 2.71 bits per heavy atom. The van der Waals surface area contributed by atoms with Crippen molar-refractivity contribution in [3.8, 4) is 0 Å². The van der Waals surface area contributed by atoms with Crippen molar-refractivity contribution in [3.05, 3.63) is 0 Å². The van der Waals surface area contributed by atoms with E-state index in [1.165, 1.54) is 12.8 Å². The molecule has 3 saturated heterocycles. The zero-order chi connectivity index (χ0) is 11.9. The van der Waals surface area contributed by atoms with Gasteiger partial charge in [0.2, 0.25) is 0 Å². The summed E-state index contributed by atoms with van der Waals surface area (Å²) in [6.45, 7) is 5.46. The normalized spacial score (nSPS) is 42.4. The van der Waals surface area contributed by atoms with Crippen LogP contribution in [0.25, 0.3) is 0 Å². The summed E-state index contributed by atoms with van der Waals surface area (Å²) in [6, 6.07) is 0. The first-order chi connectivity index (χ1) is 8.12. The maximum absolute atomic E-state index is 6.33. The largest absolute Gasteiger partial charge is 0.372 e. The zero-order valence-electron chi connectivity index (χ0n) is 10.9. The number of hydrogen-bond donors (Lipinski definition) is 0. The predicted octanol–water partition coefficient (Wildman–Crippen LogP) is 2.11. The van der Waals surface area contributed by atoms with Crippen LogP contribution in [0.3, 0.4) is 0 Å². The number of likely N-dealkylation sites (tertiary alicyclic amines) is 1. The Morgan fingerprint density at radius 2 is 2.06 bits per heavy atom. The Bertz CT molecular complexity index is 283. The molecule has 3 heterocycles. The smallest absolute Gasteiger partial charge is 0.119 e. The first-order valence-electron chi connectivity index (χ1n) is 6.76. The van der Waals surface area contributed by atoms with Gasteiger partial charge in [0.05, 0.1) is 18.3 Å². The van der Waals surface area contributed by atoms with Gasteiger partial charge in [-0.3, -0.25) is 0 Å². The summed E-state index contributed by atoms with van der Waals surface area (Å²) in [6.07, 6.45) is 4.84. The van der Waals surface area contributed by atoms with Gasteiger partial charge in [-0.05, 0) is 26.8 Å². The molecule has 0 aromatic carbocycles. The summed E-state index contributed by atoms with van der Waals surface area (Å²) in [5, 5.41) is 0. The van der Waals surface area contributed by atoms with Crippen molar-refractivity contribution >= 4 is 11.8 Å². The first kappa shape index (κ1) is 12.3. The molecule has 0 aromatic heterocycles. The molecule has 0 N–H and O–H groups in total. The highest BCUT2D eigenvalue weighted by Crippen LogP contribution is 2.50. The lowest BCUT2D eigenvalue weighted by Gasteiger charge is -2.50. The molecule has 0 radical (unpaired) electrons. The van der Waals surface area contributed by atoms with Crippen LogP contribution in [0.5, 0.6) is 0 Å². The first-order valence-corrected chi connectivity index (χ1v) is 7.74. The molecule has 0 saturated carbocycles. The molecule has 0 aliphatic carbocycles. The minimum atomic E-state index is 0.0770. The molecule has 2 atom stereocenters. The topological polar surface area (TPSA) is 21.7 Å². The van der Waals surface area contributed by atoms with Crippen molar-refractivity contribution in [2.45, 2.75) is 49.2 Å². The van der Waals surface area contributed by atoms with E-state index in [4.69, 9.17) is 9.47 Å². The quantitative estimate of drug-likeness (QED) is 0.662. The minimum absolute atomic E-state index is 0.0770. The molecule has 3 aliphatic heterocycles. The fourth-order valence-electron chi connectivity index (χ4n) is 3.55. The van der Waals surface area contributed by atoms with E-state index in [1.54, 1.807) is 0 Å². The number of thioether (sulfide) groups is 1. The van der Waals surface area contributed by atoms with E-state index >= 15 is 0 Å². The fourth-order valence-corrected chi connectivity index (χ4v) is 4.97. The Hall–Kier alpha value is 0.230. The monoisotopic (exact) mass is 257 g/mol. The molecule has 3 fully saturated rings. The maximum Gasteiger partial charge on any atom is 0.119 e. The van der Waals surface area contributed by atoms with E-state index in [0.29, 0.717) is 6.10 Å². The van der Waals surface area contributed by atoms with E-state index in [-0.39, 0.29) is 10.5 Å². The van der Waals surface area contributed by atoms with Gasteiger partial charge < -0.3 is 14.4 Å². The standard InChI is InChI=1S/C13H23NO2S/c1-11-9-13(15-7-8-17-13)10-12(16-11)3-5-14(2)6-4-12/h11H,3-10H2,1-2H3. The molecule has 4 heteroatoms. The van der Waals surface area contributed by atoms with Gasteiger partial charge in [0.25, 0.3) is 0 Å². The van der Waals surface area contributed by atoms with Crippen molar-refractivity contribution in [3.63, 3.8) is 0 Å². The average Bonchev–Trinajstić information content (AvgIpc) is 2.70. The second-order valence-electron chi connectivity index (χ2n) is 5.90. The Labute approximate surface area is 108 Å². The van der Waals surface area contributed by atoms with Gasteiger partial charge >= 0.3 is 0 Å². The summed E-state index contributed by atoms with van der Waals surface area (Å²) >= 11 is 2.02. The van der Waals surface area contributed by atoms with Crippen molar-refractivity contribution in [1.82, 2.24) is 4.90 Å². The molecule has 2 unspecified atom stereocenters. The van der Waals surface area contributed by atoms with Gasteiger partial charge in [-0.1, -0.05) is 0 Å². The number of ether oxygens (including phenoxy) is 2. The highest BCUT2D eigenvalue weighted by molar-refractivity contribution is 8.00. The molecule has 17 heavy (non-hydrogen) atoms. The third-order valence-electron chi connectivity index (χ3n) is 4.35. The summed E-state index contributed by atoms with van der Waals surface area (Å²) in [5.74, 6) is 1.16. The van der Waals surface area contributed by atoms with Crippen LogP contribution in [-0.2, 0) is 9.47 Å². The van der Waals surface area contributed by atoms with E-state index in [1.807, 2.05) is 11.8 Å². The van der Waals surface area contributed by atoms with E-state index in [9.17, 15) is 0 Å². The van der Waals surface area contributed by atoms with Crippen LogP contribution in [0.4, 0.5) is 0 Å². The minimum Gasteiger partial charge on any atom is -0.372 e. The van der Waals surface area contributed by atoms with Crippen LogP contribution in [0.1, 0.15) is 32.6 Å². The van der Waals surface area contributed by atoms with Crippen LogP contribution in [0, 0.1) is 0 Å². The van der Waals surface area contributed by atoms with Gasteiger partial charge in [-0.15, -0.1) is 11.8 Å². The lowest BCUT2D eigenvalue weighted by atomic mass is 9.81. The molecule has 3 aliphatic rings. The second kappa shape index (κ2) is 4.41. The Kier molecular flexibility index (Phi) is 3.18. The van der Waals surface area contributed by atoms with Gasteiger partial charge in [-0.2, -0.15) is 0 Å². The predicted molar refractivity (Wildman–Crippen MR) is 70.4 cm³/mol. The number of nitrogens with zero attached hydrogens (tertiary/aromatic N) is 1. The highest BCUT2D eigenvalue weighted by atomic mass is 32.2. The van der Waals surface area contributed by atoms with Gasteiger partial charge in [-0.25, -0.2) is 0 Å². The molecular weight excluding hydrogens is 234 g/mol. The van der Waals surface area contributed by atoms with Crippen LogP contribution in [0.2, 0.25) is 0 Å². The van der Waals surface area contributed by atoms with E-state index in [0.717, 1.165) is 38.3 Å². The van der Waals surface area contributed by atoms with Crippen molar-refractivity contribution in [2.75, 3.05) is 32.5 Å². The lowest BCUT2D eigenvalue weighted by Crippen LogP contribution is -2.55. The Balaban J connectivity index is 1.76.